The van der Waals surface area contributed by atoms with E-state index in [0.717, 1.165) is 6.20 Å². The maximum absolute atomic E-state index is 13.9. The molecular weight excluding hydrogens is 470 g/mol. The predicted molar refractivity (Wildman–Crippen MR) is 86.5 cm³/mol. The number of H-pyrrole nitrogens is 1. The molecule has 2 rings (SSSR count). The number of aliphatic hydroxyl groups excluding tert-OH is 2. The van der Waals surface area contributed by atoms with Crippen LogP contribution in [0.2, 0.25) is 0 Å². The third-order valence-corrected chi connectivity index (χ3v) is 7.19. The highest BCUT2D eigenvalue weighted by Crippen LogP contribution is 2.66. The zero-order chi connectivity index (χ0) is 22.2. The molecule has 6 atom stereocenters. The summed E-state index contributed by atoms with van der Waals surface area (Å²) >= 11 is 0. The number of halogens is 1. The van der Waals surface area contributed by atoms with Crippen LogP contribution in [0.5, 0.6) is 0 Å². The van der Waals surface area contributed by atoms with Crippen molar-refractivity contribution in [3.8, 4) is 0 Å². The lowest BCUT2D eigenvalue weighted by molar-refractivity contribution is -0.0232. The van der Waals surface area contributed by atoms with Crippen molar-refractivity contribution >= 4 is 23.5 Å². The fourth-order valence-corrected chi connectivity index (χ4v) is 5.32. The van der Waals surface area contributed by atoms with Crippen LogP contribution in [0.15, 0.2) is 17.1 Å². The summed E-state index contributed by atoms with van der Waals surface area (Å²) < 4.78 is 63.7. The third kappa shape index (κ3) is 6.84. The van der Waals surface area contributed by atoms with Gasteiger partial charge in [0.25, 0.3) is 5.56 Å². The van der Waals surface area contributed by atoms with Gasteiger partial charge in [-0.2, -0.15) is 8.62 Å². The zero-order valence-electron chi connectivity index (χ0n) is 13.8. The predicted octanol–water partition coefficient (Wildman–Crippen LogP) is -0.981. The summed E-state index contributed by atoms with van der Waals surface area (Å²) in [7, 11) is -16.8. The van der Waals surface area contributed by atoms with E-state index in [9.17, 15) is 38.0 Å². The van der Waals surface area contributed by atoms with Crippen molar-refractivity contribution < 1.29 is 65.8 Å². The summed E-state index contributed by atoms with van der Waals surface area (Å²) in [5.41, 5.74) is -1.14. The Kier molecular flexibility index (Phi) is 7.36. The van der Waals surface area contributed by atoms with Gasteiger partial charge in [0, 0.05) is 17.8 Å². The van der Waals surface area contributed by atoms with E-state index in [1.165, 1.54) is 0 Å². The molecular formula is C10H15FNO14P3. The fraction of sp³-hybridized carbons (Fsp3) is 0.500. The summed E-state index contributed by atoms with van der Waals surface area (Å²) in [6.07, 6.45) is -5.77. The van der Waals surface area contributed by atoms with Crippen LogP contribution in [-0.2, 0) is 31.6 Å². The van der Waals surface area contributed by atoms with Gasteiger partial charge in [-0.05, 0) is 0 Å². The van der Waals surface area contributed by atoms with E-state index < -0.39 is 65.9 Å². The lowest BCUT2D eigenvalue weighted by Crippen LogP contribution is -2.33. The van der Waals surface area contributed by atoms with E-state index >= 15 is 0 Å². The van der Waals surface area contributed by atoms with Crippen molar-refractivity contribution in [1.29, 1.82) is 0 Å². The number of aromatic nitrogens is 1. The van der Waals surface area contributed by atoms with Crippen LogP contribution in [0.1, 0.15) is 11.7 Å². The average molecular weight is 485 g/mol. The van der Waals surface area contributed by atoms with E-state index in [1.54, 1.807) is 0 Å². The number of aromatic amines is 1. The minimum absolute atomic E-state index is 0.350. The molecule has 1 fully saturated rings. The monoisotopic (exact) mass is 485 g/mol. The minimum atomic E-state index is -5.73. The second kappa shape index (κ2) is 8.73. The number of hydrogen-bond acceptors (Lipinski definition) is 10. The third-order valence-electron chi connectivity index (χ3n) is 3.39. The van der Waals surface area contributed by atoms with E-state index in [0.29, 0.717) is 6.07 Å². The molecule has 0 aromatic carbocycles. The first-order valence-corrected chi connectivity index (χ1v) is 11.8. The Morgan fingerprint density at radius 2 is 1.69 bits per heavy atom. The van der Waals surface area contributed by atoms with Gasteiger partial charge in [0.1, 0.15) is 30.2 Å². The minimum Gasteiger partial charge on any atom is -0.387 e. The first-order chi connectivity index (χ1) is 13.1. The van der Waals surface area contributed by atoms with Gasteiger partial charge < -0.3 is 39.5 Å². The molecule has 7 N–H and O–H groups in total. The van der Waals surface area contributed by atoms with Crippen molar-refractivity contribution in [2.75, 3.05) is 6.61 Å². The first kappa shape index (κ1) is 24.4. The highest BCUT2D eigenvalue weighted by Gasteiger charge is 2.47. The average Bonchev–Trinajstić information content (AvgIpc) is 2.78. The smallest absolute Gasteiger partial charge is 0.387 e. The van der Waals surface area contributed by atoms with Crippen LogP contribution in [0.4, 0.5) is 4.39 Å². The van der Waals surface area contributed by atoms with E-state index in [-0.39, 0.29) is 5.56 Å². The molecule has 0 radical (unpaired) electrons. The molecule has 29 heavy (non-hydrogen) atoms. The quantitative estimate of drug-likeness (QED) is 0.219. The molecule has 1 aromatic rings. The van der Waals surface area contributed by atoms with Gasteiger partial charge in [-0.3, -0.25) is 9.32 Å². The molecule has 15 nitrogen and oxygen atoms in total. The SMILES string of the molecule is O=c1cc(F)c([C@@H]2O[C@H](COP(=O)(O)OP(=O)(O)OP(=O)(O)O)C(O)[C@@H]2O)c[nH]1. The number of ether oxygens (including phenoxy) is 1. The lowest BCUT2D eigenvalue weighted by Gasteiger charge is -2.19. The Balaban J connectivity index is 2.05. The summed E-state index contributed by atoms with van der Waals surface area (Å²) in [6.45, 7) is -1.05. The summed E-state index contributed by atoms with van der Waals surface area (Å²) in [6, 6.07) is 0.553. The summed E-state index contributed by atoms with van der Waals surface area (Å²) in [5, 5.41) is 19.9. The van der Waals surface area contributed by atoms with Crippen LogP contribution < -0.4 is 5.56 Å². The number of nitrogens with one attached hydrogen (secondary N) is 1. The Morgan fingerprint density at radius 3 is 2.24 bits per heavy atom. The van der Waals surface area contributed by atoms with E-state index in [4.69, 9.17) is 19.4 Å². The molecule has 1 aliphatic rings. The molecule has 2 heterocycles. The van der Waals surface area contributed by atoms with Crippen molar-refractivity contribution in [3.05, 3.63) is 34.0 Å². The molecule has 0 saturated carbocycles. The number of aliphatic hydroxyl groups is 2. The van der Waals surface area contributed by atoms with Crippen LogP contribution in [0.25, 0.3) is 0 Å². The number of phosphoric ester groups is 1. The molecule has 1 saturated heterocycles. The number of hydrogen-bond donors (Lipinski definition) is 7. The molecule has 0 spiro atoms. The molecule has 0 bridgehead atoms. The van der Waals surface area contributed by atoms with Gasteiger partial charge in [-0.15, -0.1) is 0 Å². The maximum atomic E-state index is 13.9. The highest BCUT2D eigenvalue weighted by atomic mass is 31.3. The summed E-state index contributed by atoms with van der Waals surface area (Å²) in [4.78, 5) is 48.4. The largest absolute Gasteiger partial charge is 0.490 e. The topological polar surface area (TPSA) is 242 Å². The molecule has 0 aliphatic carbocycles. The molecule has 166 valence electrons. The van der Waals surface area contributed by atoms with Gasteiger partial charge >= 0.3 is 23.5 Å². The van der Waals surface area contributed by atoms with Crippen molar-refractivity contribution in [1.82, 2.24) is 4.98 Å². The second-order valence-electron chi connectivity index (χ2n) is 5.56. The second-order valence-corrected chi connectivity index (χ2v) is 9.98. The van der Waals surface area contributed by atoms with Crippen LogP contribution in [0.3, 0.4) is 0 Å². The van der Waals surface area contributed by atoms with Crippen molar-refractivity contribution in [3.63, 3.8) is 0 Å². The maximum Gasteiger partial charge on any atom is 0.490 e. The first-order valence-electron chi connectivity index (χ1n) is 7.28. The molecule has 0 amide bonds. The Morgan fingerprint density at radius 1 is 1.07 bits per heavy atom. The summed E-state index contributed by atoms with van der Waals surface area (Å²) in [5.74, 6) is -1.07. The van der Waals surface area contributed by atoms with Crippen molar-refractivity contribution in [2.24, 2.45) is 0 Å². The normalized spacial score (nSPS) is 29.3. The van der Waals surface area contributed by atoms with Gasteiger partial charge in [0.15, 0.2) is 0 Å². The van der Waals surface area contributed by atoms with Gasteiger partial charge in [0.05, 0.1) is 6.61 Å². The molecule has 3 unspecified atom stereocenters. The van der Waals surface area contributed by atoms with E-state index in [2.05, 4.69) is 18.1 Å². The van der Waals surface area contributed by atoms with Gasteiger partial charge in [-0.1, -0.05) is 0 Å². The van der Waals surface area contributed by atoms with E-state index in [1.807, 2.05) is 0 Å². The Bertz CT molecular complexity index is 946. The molecule has 1 aliphatic heterocycles. The number of rotatable bonds is 8. The van der Waals surface area contributed by atoms with Crippen LogP contribution >= 0.6 is 23.5 Å². The van der Waals surface area contributed by atoms with Crippen LogP contribution in [-0.4, -0.2) is 59.7 Å². The van der Waals surface area contributed by atoms with Crippen LogP contribution in [0, 0.1) is 5.82 Å². The van der Waals surface area contributed by atoms with Gasteiger partial charge in [-0.25, -0.2) is 18.1 Å². The Labute approximate surface area is 160 Å². The number of pyridine rings is 1. The lowest BCUT2D eigenvalue weighted by atomic mass is 10.0. The molecule has 19 heteroatoms. The zero-order valence-corrected chi connectivity index (χ0v) is 16.5. The number of phosphoric acid groups is 3. The van der Waals surface area contributed by atoms with Crippen molar-refractivity contribution in [2.45, 2.75) is 24.4 Å². The molecule has 1 aromatic heterocycles. The Hall–Kier alpha value is -0.830. The standard InChI is InChI=1S/C10H15FNO14P3/c11-5-1-7(13)12-2-4(5)10-9(15)8(14)6(24-10)3-23-28(19,20)26-29(21,22)25-27(16,17)18/h1-2,6,8-10,14-15H,3H2,(H,12,13)(H,19,20)(H,21,22)(H2,16,17,18)/t6-,8?,9+,10+/m1/s1. The fourth-order valence-electron chi connectivity index (χ4n) is 2.29. The highest BCUT2D eigenvalue weighted by molar-refractivity contribution is 7.66. The van der Waals surface area contributed by atoms with Gasteiger partial charge in [0.2, 0.25) is 0 Å².